The Labute approximate surface area is 102 Å². The summed E-state index contributed by atoms with van der Waals surface area (Å²) in [5.41, 5.74) is 0.749. The maximum atomic E-state index is 12.4. The average molecular weight is 249 g/mol. The van der Waals surface area contributed by atoms with Crippen molar-refractivity contribution in [1.29, 1.82) is 0 Å². The first-order valence-corrected chi connectivity index (χ1v) is 5.17. The third-order valence-electron chi connectivity index (χ3n) is 2.56. The van der Waals surface area contributed by atoms with E-state index in [-0.39, 0.29) is 0 Å². The van der Waals surface area contributed by atoms with Crippen LogP contribution in [0.2, 0.25) is 0 Å². The zero-order valence-corrected chi connectivity index (χ0v) is 9.16. The molecule has 0 aromatic heterocycles. The molecule has 0 bridgehead atoms. The number of benzene rings is 2. The number of hydrogen-bond acceptors (Lipinski definition) is 1. The van der Waals surface area contributed by atoms with Gasteiger partial charge in [0.1, 0.15) is 0 Å². The van der Waals surface area contributed by atoms with Crippen LogP contribution in [0.4, 0.5) is 13.2 Å². The van der Waals surface area contributed by atoms with E-state index in [9.17, 15) is 18.0 Å². The summed E-state index contributed by atoms with van der Waals surface area (Å²) in [6.45, 7) is 0. The van der Waals surface area contributed by atoms with Crippen LogP contribution in [-0.2, 0) is 11.0 Å². The molecule has 0 aliphatic rings. The van der Waals surface area contributed by atoms with Crippen molar-refractivity contribution in [3.63, 3.8) is 0 Å². The number of halogens is 3. The van der Waals surface area contributed by atoms with E-state index >= 15 is 0 Å². The van der Waals surface area contributed by atoms with E-state index in [4.69, 9.17) is 0 Å². The number of rotatable bonds is 2. The molecule has 0 aliphatic carbocycles. The number of hydrogen-bond donors (Lipinski definition) is 0. The standard InChI is InChI=1S/C14H8F3O/c15-14(16,17)12-7-5-10(6-8-12)13-4-2-1-3-11(13)9-18/h1-8H. The summed E-state index contributed by atoms with van der Waals surface area (Å²) in [5.74, 6) is 0. The molecule has 2 aromatic rings. The van der Waals surface area contributed by atoms with Gasteiger partial charge in [-0.05, 0) is 23.3 Å². The second kappa shape index (κ2) is 4.64. The van der Waals surface area contributed by atoms with Crippen molar-refractivity contribution >= 4 is 6.29 Å². The topological polar surface area (TPSA) is 17.1 Å². The summed E-state index contributed by atoms with van der Waals surface area (Å²) in [6.07, 6.45) is -2.59. The van der Waals surface area contributed by atoms with Crippen LogP contribution in [0.15, 0.2) is 48.5 Å². The molecule has 0 amide bonds. The molecule has 4 heteroatoms. The van der Waals surface area contributed by atoms with E-state index < -0.39 is 11.7 Å². The summed E-state index contributed by atoms with van der Waals surface area (Å²) < 4.78 is 37.2. The highest BCUT2D eigenvalue weighted by atomic mass is 19.4. The fraction of sp³-hybridized carbons (Fsp3) is 0.0714. The van der Waals surface area contributed by atoms with Crippen molar-refractivity contribution in [3.05, 3.63) is 59.7 Å². The minimum Gasteiger partial charge on any atom is -0.285 e. The molecule has 2 aromatic carbocycles. The predicted octanol–water partition coefficient (Wildman–Crippen LogP) is 3.83. The first-order chi connectivity index (χ1) is 8.52. The quantitative estimate of drug-likeness (QED) is 0.790. The highest BCUT2D eigenvalue weighted by Crippen LogP contribution is 2.31. The van der Waals surface area contributed by atoms with Gasteiger partial charge < -0.3 is 0 Å². The van der Waals surface area contributed by atoms with E-state index in [0.29, 0.717) is 16.7 Å². The normalized spacial score (nSPS) is 11.3. The molecule has 0 heterocycles. The fourth-order valence-corrected chi connectivity index (χ4v) is 1.66. The Morgan fingerprint density at radius 1 is 0.889 bits per heavy atom. The molecule has 0 fully saturated rings. The summed E-state index contributed by atoms with van der Waals surface area (Å²) in [6, 6.07) is 11.3. The molecule has 0 spiro atoms. The van der Waals surface area contributed by atoms with Crippen LogP contribution >= 0.6 is 0 Å². The first kappa shape index (κ1) is 12.4. The van der Waals surface area contributed by atoms with Crippen LogP contribution in [0.25, 0.3) is 11.1 Å². The Hall–Kier alpha value is -2.10. The molecular formula is C14H8F3O. The highest BCUT2D eigenvalue weighted by molar-refractivity contribution is 5.87. The van der Waals surface area contributed by atoms with Crippen molar-refractivity contribution < 1.29 is 18.0 Å². The van der Waals surface area contributed by atoms with Gasteiger partial charge in [0, 0.05) is 5.56 Å². The lowest BCUT2D eigenvalue weighted by Gasteiger charge is -2.08. The van der Waals surface area contributed by atoms with Gasteiger partial charge in [-0.25, -0.2) is 0 Å². The minimum absolute atomic E-state index is 0.331. The second-order valence-corrected chi connectivity index (χ2v) is 3.72. The molecule has 18 heavy (non-hydrogen) atoms. The fourth-order valence-electron chi connectivity index (χ4n) is 1.66. The van der Waals surface area contributed by atoms with Crippen molar-refractivity contribution in [2.24, 2.45) is 0 Å². The number of alkyl halides is 3. The summed E-state index contributed by atoms with van der Waals surface area (Å²) in [7, 11) is 0. The molecule has 0 N–H and O–H groups in total. The zero-order chi connectivity index (χ0) is 13.2. The lowest BCUT2D eigenvalue weighted by molar-refractivity contribution is -0.137. The molecule has 1 radical (unpaired) electrons. The van der Waals surface area contributed by atoms with Gasteiger partial charge in [-0.1, -0.05) is 36.4 Å². The highest BCUT2D eigenvalue weighted by Gasteiger charge is 2.29. The molecular weight excluding hydrogens is 241 g/mol. The van der Waals surface area contributed by atoms with Crippen LogP contribution < -0.4 is 0 Å². The van der Waals surface area contributed by atoms with Gasteiger partial charge in [0.15, 0.2) is 0 Å². The predicted molar refractivity (Wildman–Crippen MR) is 61.7 cm³/mol. The Bertz CT molecular complexity index is 556. The van der Waals surface area contributed by atoms with E-state index in [1.54, 1.807) is 30.6 Å². The third-order valence-corrected chi connectivity index (χ3v) is 2.56. The van der Waals surface area contributed by atoms with Crippen molar-refractivity contribution in [1.82, 2.24) is 0 Å². The van der Waals surface area contributed by atoms with Gasteiger partial charge in [0.25, 0.3) is 0 Å². The van der Waals surface area contributed by atoms with E-state index in [1.807, 2.05) is 0 Å². The minimum atomic E-state index is -4.35. The molecule has 0 saturated carbocycles. The summed E-state index contributed by atoms with van der Waals surface area (Å²) in [4.78, 5) is 10.7. The van der Waals surface area contributed by atoms with Crippen molar-refractivity contribution in [2.75, 3.05) is 0 Å². The van der Waals surface area contributed by atoms with Crippen LogP contribution in [0.1, 0.15) is 11.1 Å². The van der Waals surface area contributed by atoms with Crippen LogP contribution in [-0.4, -0.2) is 6.29 Å². The molecule has 0 atom stereocenters. The zero-order valence-electron chi connectivity index (χ0n) is 9.16. The van der Waals surface area contributed by atoms with Crippen molar-refractivity contribution in [2.45, 2.75) is 6.18 Å². The number of carbonyl (C=O) groups excluding carboxylic acids is 1. The van der Waals surface area contributed by atoms with Gasteiger partial charge in [-0.3, -0.25) is 4.79 Å². The van der Waals surface area contributed by atoms with Crippen molar-refractivity contribution in [3.8, 4) is 11.1 Å². The van der Waals surface area contributed by atoms with E-state index in [0.717, 1.165) is 12.1 Å². The summed E-state index contributed by atoms with van der Waals surface area (Å²) >= 11 is 0. The first-order valence-electron chi connectivity index (χ1n) is 5.17. The van der Waals surface area contributed by atoms with Gasteiger partial charge in [-0.2, -0.15) is 13.2 Å². The average Bonchev–Trinajstić information content (AvgIpc) is 2.38. The van der Waals surface area contributed by atoms with Gasteiger partial charge in [-0.15, -0.1) is 0 Å². The molecule has 1 nitrogen and oxygen atoms in total. The lowest BCUT2D eigenvalue weighted by Crippen LogP contribution is -2.04. The van der Waals surface area contributed by atoms with Crippen LogP contribution in [0.5, 0.6) is 0 Å². The molecule has 0 saturated heterocycles. The molecule has 0 aliphatic heterocycles. The second-order valence-electron chi connectivity index (χ2n) is 3.72. The van der Waals surface area contributed by atoms with E-state index in [1.165, 1.54) is 12.1 Å². The van der Waals surface area contributed by atoms with Gasteiger partial charge in [0.2, 0.25) is 6.29 Å². The Morgan fingerprint density at radius 2 is 1.50 bits per heavy atom. The SMILES string of the molecule is O=[C]c1ccccc1-c1ccc(C(F)(F)F)cc1. The third kappa shape index (κ3) is 2.42. The van der Waals surface area contributed by atoms with E-state index in [2.05, 4.69) is 0 Å². The largest absolute Gasteiger partial charge is 0.416 e. The van der Waals surface area contributed by atoms with Crippen LogP contribution in [0, 0.1) is 0 Å². The lowest BCUT2D eigenvalue weighted by atomic mass is 9.99. The smallest absolute Gasteiger partial charge is 0.285 e. The Morgan fingerprint density at radius 3 is 2.06 bits per heavy atom. The Balaban J connectivity index is 2.44. The maximum Gasteiger partial charge on any atom is 0.416 e. The molecule has 91 valence electrons. The maximum absolute atomic E-state index is 12.4. The Kier molecular flexibility index (Phi) is 3.19. The van der Waals surface area contributed by atoms with Gasteiger partial charge >= 0.3 is 6.18 Å². The summed E-state index contributed by atoms with van der Waals surface area (Å²) in [5, 5.41) is 0. The molecule has 2 rings (SSSR count). The molecule has 0 unspecified atom stereocenters. The van der Waals surface area contributed by atoms with Crippen LogP contribution in [0.3, 0.4) is 0 Å². The van der Waals surface area contributed by atoms with Gasteiger partial charge in [0.05, 0.1) is 5.56 Å². The monoisotopic (exact) mass is 249 g/mol.